The molecule has 3 aromatic rings. The van der Waals surface area contributed by atoms with Crippen molar-refractivity contribution < 1.29 is 23.5 Å². The number of ether oxygens (including phenoxy) is 1. The molecule has 1 aliphatic rings. The molecule has 1 aliphatic heterocycles. The monoisotopic (exact) mass is 554 g/mol. The van der Waals surface area contributed by atoms with Crippen LogP contribution in [0.15, 0.2) is 54.6 Å². The lowest BCUT2D eigenvalue weighted by Crippen LogP contribution is -2.17. The lowest BCUT2D eigenvalue weighted by molar-refractivity contribution is 0.0725. The van der Waals surface area contributed by atoms with Crippen LogP contribution in [-0.4, -0.2) is 18.1 Å². The summed E-state index contributed by atoms with van der Waals surface area (Å²) in [5.41, 5.74) is 3.41. The van der Waals surface area contributed by atoms with Crippen molar-refractivity contribution in [2.24, 2.45) is 0 Å². The number of phenolic OH excluding ortho intramolecular Hbond substituents is 1. The standard InChI is InChI=1S/C26H26Cl3O5P/c1-16(2)21-10-17(6-7-25(21)30)11-22-23(28)13-20(14-24(22)29)32-15-35(31)33-9-8-26(34-35)18-4-3-5-19(27)12-18/h3-7,10,12-14,16,26,30H,8-9,11,15H2,1-2H3/t26-,35+/m0/s1. The molecule has 0 spiro atoms. The molecule has 1 fully saturated rings. The van der Waals surface area contributed by atoms with Gasteiger partial charge in [0.2, 0.25) is 0 Å². The van der Waals surface area contributed by atoms with Crippen molar-refractivity contribution in [3.63, 3.8) is 0 Å². The number of halogens is 3. The summed E-state index contributed by atoms with van der Waals surface area (Å²) in [4.78, 5) is 0. The first-order chi connectivity index (χ1) is 16.6. The van der Waals surface area contributed by atoms with Crippen LogP contribution in [-0.2, 0) is 20.0 Å². The number of hydrogen-bond donors (Lipinski definition) is 1. The van der Waals surface area contributed by atoms with E-state index in [1.807, 2.05) is 38.1 Å². The predicted molar refractivity (Wildman–Crippen MR) is 140 cm³/mol. The summed E-state index contributed by atoms with van der Waals surface area (Å²) < 4.78 is 30.2. The fraction of sp³-hybridized carbons (Fsp3) is 0.308. The number of phenols is 1. The third kappa shape index (κ3) is 6.54. The number of aromatic hydroxyl groups is 1. The Hall–Kier alpha value is -1.72. The van der Waals surface area contributed by atoms with E-state index in [4.69, 9.17) is 48.6 Å². The second-order valence-corrected chi connectivity index (χ2v) is 11.9. The fourth-order valence-electron chi connectivity index (χ4n) is 3.94. The molecule has 0 saturated carbocycles. The fourth-order valence-corrected chi connectivity index (χ4v) is 6.25. The summed E-state index contributed by atoms with van der Waals surface area (Å²) in [6, 6.07) is 16.0. The lowest BCUT2D eigenvalue weighted by atomic mass is 9.96. The minimum Gasteiger partial charge on any atom is -0.508 e. The Labute approximate surface area is 220 Å². The van der Waals surface area contributed by atoms with E-state index in [1.165, 1.54) is 0 Å². The molecular formula is C26H26Cl3O5P. The molecular weight excluding hydrogens is 530 g/mol. The predicted octanol–water partition coefficient (Wildman–Crippen LogP) is 8.77. The first kappa shape index (κ1) is 26.3. The third-order valence-electron chi connectivity index (χ3n) is 5.78. The van der Waals surface area contributed by atoms with Crippen molar-refractivity contribution in [2.45, 2.75) is 38.7 Å². The van der Waals surface area contributed by atoms with Crippen LogP contribution in [0.2, 0.25) is 15.1 Å². The Morgan fingerprint density at radius 2 is 1.83 bits per heavy atom. The molecule has 0 radical (unpaired) electrons. The Morgan fingerprint density at radius 1 is 1.09 bits per heavy atom. The number of hydrogen-bond acceptors (Lipinski definition) is 5. The molecule has 0 amide bonds. The van der Waals surface area contributed by atoms with Gasteiger partial charge >= 0.3 is 7.60 Å². The first-order valence-corrected chi connectivity index (χ1v) is 14.1. The van der Waals surface area contributed by atoms with Gasteiger partial charge in [-0.2, -0.15) is 0 Å². The van der Waals surface area contributed by atoms with Crippen LogP contribution in [0.5, 0.6) is 11.5 Å². The molecule has 0 aromatic heterocycles. The molecule has 0 unspecified atom stereocenters. The highest BCUT2D eigenvalue weighted by atomic mass is 35.5. The topological polar surface area (TPSA) is 65.0 Å². The molecule has 1 heterocycles. The second-order valence-electron chi connectivity index (χ2n) is 8.75. The van der Waals surface area contributed by atoms with Crippen molar-refractivity contribution in [2.75, 3.05) is 13.0 Å². The van der Waals surface area contributed by atoms with E-state index >= 15 is 0 Å². The van der Waals surface area contributed by atoms with E-state index in [0.29, 0.717) is 33.7 Å². The van der Waals surface area contributed by atoms with Gasteiger partial charge in [-0.05, 0) is 58.5 Å². The first-order valence-electron chi connectivity index (χ1n) is 11.2. The number of benzene rings is 3. The van der Waals surface area contributed by atoms with Gasteiger partial charge in [-0.25, -0.2) is 0 Å². The zero-order valence-electron chi connectivity index (χ0n) is 19.3. The van der Waals surface area contributed by atoms with Gasteiger partial charge < -0.3 is 14.4 Å². The molecule has 0 bridgehead atoms. The Bertz CT molecular complexity index is 1240. The van der Waals surface area contributed by atoms with E-state index in [1.54, 1.807) is 30.3 Å². The maximum absolute atomic E-state index is 13.2. The van der Waals surface area contributed by atoms with Crippen molar-refractivity contribution in [3.8, 4) is 11.5 Å². The van der Waals surface area contributed by atoms with Gasteiger partial charge in [0.1, 0.15) is 11.5 Å². The minimum atomic E-state index is -3.51. The van der Waals surface area contributed by atoms with E-state index < -0.39 is 13.7 Å². The largest absolute Gasteiger partial charge is 0.508 e. The van der Waals surface area contributed by atoms with Crippen molar-refractivity contribution in [1.82, 2.24) is 0 Å². The van der Waals surface area contributed by atoms with Crippen molar-refractivity contribution in [1.29, 1.82) is 0 Å². The SMILES string of the molecule is CC(C)c1cc(Cc2c(Cl)cc(OC[P@@]3(=O)OCC[C@@H](c4cccc(Cl)c4)O3)cc2Cl)ccc1O. The van der Waals surface area contributed by atoms with E-state index in [0.717, 1.165) is 22.3 Å². The molecule has 5 nitrogen and oxygen atoms in total. The highest BCUT2D eigenvalue weighted by Gasteiger charge is 2.35. The average Bonchev–Trinajstić information content (AvgIpc) is 2.81. The van der Waals surface area contributed by atoms with Crippen LogP contribution < -0.4 is 4.74 Å². The second kappa shape index (κ2) is 11.1. The highest BCUT2D eigenvalue weighted by molar-refractivity contribution is 7.53. The molecule has 1 saturated heterocycles. The van der Waals surface area contributed by atoms with Gasteiger partial charge in [0.15, 0.2) is 6.35 Å². The zero-order chi connectivity index (χ0) is 25.2. The molecule has 2 atom stereocenters. The average molecular weight is 556 g/mol. The molecule has 1 N–H and O–H groups in total. The van der Waals surface area contributed by atoms with E-state index in [2.05, 4.69) is 0 Å². The van der Waals surface area contributed by atoms with Crippen LogP contribution in [0.25, 0.3) is 0 Å². The summed E-state index contributed by atoms with van der Waals surface area (Å²) in [6.45, 7) is 4.32. The maximum atomic E-state index is 13.2. The molecule has 35 heavy (non-hydrogen) atoms. The van der Waals surface area contributed by atoms with Crippen LogP contribution in [0, 0.1) is 0 Å². The minimum absolute atomic E-state index is 0.183. The van der Waals surface area contributed by atoms with Crippen molar-refractivity contribution >= 4 is 42.4 Å². The summed E-state index contributed by atoms with van der Waals surface area (Å²) in [5.74, 6) is 0.816. The Balaban J connectivity index is 1.45. The molecule has 0 aliphatic carbocycles. The molecule has 9 heteroatoms. The Morgan fingerprint density at radius 3 is 2.51 bits per heavy atom. The molecule has 186 valence electrons. The van der Waals surface area contributed by atoms with Gasteiger partial charge in [-0.3, -0.25) is 9.09 Å². The van der Waals surface area contributed by atoms with E-state index in [-0.39, 0.29) is 24.6 Å². The van der Waals surface area contributed by atoms with Crippen LogP contribution >= 0.6 is 42.4 Å². The molecule has 4 rings (SSSR count). The van der Waals surface area contributed by atoms with Gasteiger partial charge in [-0.15, -0.1) is 0 Å². The lowest BCUT2D eigenvalue weighted by Gasteiger charge is -2.30. The summed E-state index contributed by atoms with van der Waals surface area (Å²) in [7, 11) is -3.51. The highest BCUT2D eigenvalue weighted by Crippen LogP contribution is 2.56. The quantitative estimate of drug-likeness (QED) is 0.295. The normalized spacial score (nSPS) is 20.2. The van der Waals surface area contributed by atoms with E-state index in [9.17, 15) is 9.67 Å². The maximum Gasteiger partial charge on any atom is 0.368 e. The summed E-state index contributed by atoms with van der Waals surface area (Å²) in [6.07, 6.45) is 0.384. The van der Waals surface area contributed by atoms with Gasteiger partial charge in [0.05, 0.1) is 12.7 Å². The summed E-state index contributed by atoms with van der Waals surface area (Å²) in [5, 5.41) is 11.5. The molecule has 3 aromatic carbocycles. The summed E-state index contributed by atoms with van der Waals surface area (Å²) >= 11 is 19.2. The Kier molecular flexibility index (Phi) is 8.38. The van der Waals surface area contributed by atoms with Crippen LogP contribution in [0.3, 0.4) is 0 Å². The zero-order valence-corrected chi connectivity index (χ0v) is 22.5. The van der Waals surface area contributed by atoms with Crippen LogP contribution in [0.1, 0.15) is 54.5 Å². The van der Waals surface area contributed by atoms with Gasteiger partial charge in [0, 0.05) is 27.9 Å². The van der Waals surface area contributed by atoms with Crippen molar-refractivity contribution in [3.05, 3.63) is 91.9 Å². The van der Waals surface area contributed by atoms with Crippen LogP contribution in [0.4, 0.5) is 0 Å². The smallest absolute Gasteiger partial charge is 0.368 e. The third-order valence-corrected chi connectivity index (χ3v) is 8.28. The van der Waals surface area contributed by atoms with Gasteiger partial charge in [-0.1, -0.05) is 72.9 Å². The number of rotatable bonds is 7. The van der Waals surface area contributed by atoms with Gasteiger partial charge in [0.25, 0.3) is 0 Å².